The van der Waals surface area contributed by atoms with E-state index in [2.05, 4.69) is 18.7 Å². The average molecular weight is 290 g/mol. The van der Waals surface area contributed by atoms with Gasteiger partial charge in [-0.3, -0.25) is 0 Å². The van der Waals surface area contributed by atoms with E-state index in [1.807, 2.05) is 18.2 Å². The SMILES string of the molecule is COc1ccc2c(c1)OC1(CCN(C(C)C)CC1)C[C@@H]2N. The predicted octanol–water partition coefficient (Wildman–Crippen LogP) is 2.72. The van der Waals surface area contributed by atoms with Gasteiger partial charge in [-0.15, -0.1) is 0 Å². The fraction of sp³-hybridized carbons (Fsp3) is 0.647. The van der Waals surface area contributed by atoms with Crippen molar-refractivity contribution in [1.29, 1.82) is 0 Å². The highest BCUT2D eigenvalue weighted by Gasteiger charge is 2.42. The topological polar surface area (TPSA) is 47.7 Å². The van der Waals surface area contributed by atoms with Gasteiger partial charge in [0.1, 0.15) is 17.1 Å². The van der Waals surface area contributed by atoms with Crippen LogP contribution in [0.4, 0.5) is 0 Å². The lowest BCUT2D eigenvalue weighted by molar-refractivity contribution is -0.0280. The van der Waals surface area contributed by atoms with Crippen LogP contribution in [0.25, 0.3) is 0 Å². The first kappa shape index (κ1) is 14.7. The molecule has 21 heavy (non-hydrogen) atoms. The minimum absolute atomic E-state index is 0.0604. The summed E-state index contributed by atoms with van der Waals surface area (Å²) in [6, 6.07) is 6.64. The fourth-order valence-corrected chi connectivity index (χ4v) is 3.58. The zero-order valence-corrected chi connectivity index (χ0v) is 13.3. The molecule has 0 aromatic heterocycles. The van der Waals surface area contributed by atoms with Crippen LogP contribution in [0.2, 0.25) is 0 Å². The Labute approximate surface area is 127 Å². The van der Waals surface area contributed by atoms with Crippen molar-refractivity contribution in [1.82, 2.24) is 4.90 Å². The molecule has 1 spiro atoms. The van der Waals surface area contributed by atoms with Crippen LogP contribution in [0.1, 0.15) is 44.7 Å². The van der Waals surface area contributed by atoms with E-state index in [4.69, 9.17) is 15.2 Å². The van der Waals surface area contributed by atoms with Gasteiger partial charge in [-0.1, -0.05) is 6.07 Å². The molecule has 1 aromatic rings. The van der Waals surface area contributed by atoms with Crippen molar-refractivity contribution in [2.24, 2.45) is 5.73 Å². The Morgan fingerprint density at radius 1 is 1.33 bits per heavy atom. The van der Waals surface area contributed by atoms with Crippen LogP contribution in [0.5, 0.6) is 11.5 Å². The normalized spacial score (nSPS) is 24.7. The molecule has 1 saturated heterocycles. The van der Waals surface area contributed by atoms with Gasteiger partial charge in [0.25, 0.3) is 0 Å². The Balaban J connectivity index is 1.81. The van der Waals surface area contributed by atoms with Crippen molar-refractivity contribution in [2.75, 3.05) is 20.2 Å². The minimum atomic E-state index is -0.0931. The van der Waals surface area contributed by atoms with Gasteiger partial charge in [-0.2, -0.15) is 0 Å². The predicted molar refractivity (Wildman–Crippen MR) is 83.8 cm³/mol. The van der Waals surface area contributed by atoms with Crippen LogP contribution in [0, 0.1) is 0 Å². The van der Waals surface area contributed by atoms with Gasteiger partial charge in [0.2, 0.25) is 0 Å². The molecule has 4 nitrogen and oxygen atoms in total. The van der Waals surface area contributed by atoms with Crippen LogP contribution in [0.15, 0.2) is 18.2 Å². The maximum atomic E-state index is 6.41. The van der Waals surface area contributed by atoms with Crippen LogP contribution < -0.4 is 15.2 Å². The number of fused-ring (bicyclic) bond motifs is 1. The number of methoxy groups -OCH3 is 1. The molecule has 1 fully saturated rings. The molecule has 1 atom stereocenters. The maximum Gasteiger partial charge on any atom is 0.128 e. The van der Waals surface area contributed by atoms with Crippen molar-refractivity contribution >= 4 is 0 Å². The quantitative estimate of drug-likeness (QED) is 0.910. The van der Waals surface area contributed by atoms with E-state index in [0.29, 0.717) is 6.04 Å². The number of benzene rings is 1. The first-order valence-electron chi connectivity index (χ1n) is 7.89. The van der Waals surface area contributed by atoms with Crippen molar-refractivity contribution in [3.05, 3.63) is 23.8 Å². The second-order valence-corrected chi connectivity index (χ2v) is 6.63. The molecule has 3 rings (SSSR count). The highest BCUT2D eigenvalue weighted by Crippen LogP contribution is 2.44. The smallest absolute Gasteiger partial charge is 0.128 e. The van der Waals surface area contributed by atoms with Gasteiger partial charge in [0.15, 0.2) is 0 Å². The third kappa shape index (κ3) is 2.74. The van der Waals surface area contributed by atoms with Crippen molar-refractivity contribution in [3.8, 4) is 11.5 Å². The number of rotatable bonds is 2. The summed E-state index contributed by atoms with van der Waals surface area (Å²) >= 11 is 0. The fourth-order valence-electron chi connectivity index (χ4n) is 3.58. The van der Waals surface area contributed by atoms with Crippen LogP contribution in [0.3, 0.4) is 0 Å². The molecule has 0 unspecified atom stereocenters. The van der Waals surface area contributed by atoms with E-state index in [0.717, 1.165) is 49.4 Å². The van der Waals surface area contributed by atoms with Gasteiger partial charge < -0.3 is 20.1 Å². The number of nitrogens with two attached hydrogens (primary N) is 1. The van der Waals surface area contributed by atoms with Gasteiger partial charge in [0.05, 0.1) is 7.11 Å². The van der Waals surface area contributed by atoms with E-state index in [1.165, 1.54) is 0 Å². The Hall–Kier alpha value is -1.26. The van der Waals surface area contributed by atoms with Crippen LogP contribution in [-0.4, -0.2) is 36.7 Å². The number of hydrogen-bond donors (Lipinski definition) is 1. The molecule has 116 valence electrons. The second-order valence-electron chi connectivity index (χ2n) is 6.63. The van der Waals surface area contributed by atoms with Gasteiger partial charge >= 0.3 is 0 Å². The summed E-state index contributed by atoms with van der Waals surface area (Å²) in [4.78, 5) is 2.52. The first-order chi connectivity index (χ1) is 10.0. The largest absolute Gasteiger partial charge is 0.497 e. The summed E-state index contributed by atoms with van der Waals surface area (Å²) in [6.45, 7) is 6.69. The first-order valence-corrected chi connectivity index (χ1v) is 7.89. The number of ether oxygens (including phenoxy) is 2. The molecule has 2 heterocycles. The van der Waals surface area contributed by atoms with Crippen LogP contribution >= 0.6 is 0 Å². The Morgan fingerprint density at radius 3 is 2.67 bits per heavy atom. The summed E-state index contributed by atoms with van der Waals surface area (Å²) in [6.07, 6.45) is 3.02. The van der Waals surface area contributed by atoms with Crippen molar-refractivity contribution in [3.63, 3.8) is 0 Å². The number of hydrogen-bond acceptors (Lipinski definition) is 4. The van der Waals surface area contributed by atoms with Gasteiger partial charge in [-0.25, -0.2) is 0 Å². The van der Waals surface area contributed by atoms with E-state index in [9.17, 15) is 0 Å². The lowest BCUT2D eigenvalue weighted by Crippen LogP contribution is -2.52. The second kappa shape index (κ2) is 5.50. The minimum Gasteiger partial charge on any atom is -0.497 e. The lowest BCUT2D eigenvalue weighted by Gasteiger charge is -2.47. The third-order valence-corrected chi connectivity index (χ3v) is 4.98. The summed E-state index contributed by atoms with van der Waals surface area (Å²) in [5.41, 5.74) is 7.41. The molecule has 4 heteroatoms. The Morgan fingerprint density at radius 2 is 2.05 bits per heavy atom. The zero-order chi connectivity index (χ0) is 15.0. The molecular weight excluding hydrogens is 264 g/mol. The molecule has 1 aromatic carbocycles. The standard InChI is InChI=1S/C17H26N2O2/c1-12(2)19-8-6-17(7-9-19)11-15(18)14-5-4-13(20-3)10-16(14)21-17/h4-5,10,12,15H,6-9,11,18H2,1-3H3/t15-/m0/s1. The molecular formula is C17H26N2O2. The van der Waals surface area contributed by atoms with E-state index in [-0.39, 0.29) is 11.6 Å². The van der Waals surface area contributed by atoms with E-state index >= 15 is 0 Å². The third-order valence-electron chi connectivity index (χ3n) is 4.98. The highest BCUT2D eigenvalue weighted by molar-refractivity contribution is 5.44. The van der Waals surface area contributed by atoms with Crippen LogP contribution in [-0.2, 0) is 0 Å². The molecule has 2 aliphatic heterocycles. The number of nitrogens with zero attached hydrogens (tertiary/aromatic N) is 1. The Bertz CT molecular complexity index is 508. The summed E-state index contributed by atoms with van der Waals surface area (Å²) in [5.74, 6) is 1.74. The zero-order valence-electron chi connectivity index (χ0n) is 13.3. The molecule has 2 N–H and O–H groups in total. The molecule has 0 aliphatic carbocycles. The molecule has 0 radical (unpaired) electrons. The molecule has 0 saturated carbocycles. The summed E-state index contributed by atoms with van der Waals surface area (Å²) < 4.78 is 11.7. The number of likely N-dealkylation sites (tertiary alicyclic amines) is 1. The molecule has 0 bridgehead atoms. The summed E-state index contributed by atoms with van der Waals surface area (Å²) in [7, 11) is 1.68. The van der Waals surface area contributed by atoms with E-state index in [1.54, 1.807) is 7.11 Å². The number of piperidine rings is 1. The lowest BCUT2D eigenvalue weighted by atomic mass is 9.80. The monoisotopic (exact) mass is 290 g/mol. The van der Waals surface area contributed by atoms with E-state index < -0.39 is 0 Å². The highest BCUT2D eigenvalue weighted by atomic mass is 16.5. The van der Waals surface area contributed by atoms with Crippen molar-refractivity contribution in [2.45, 2.75) is 50.8 Å². The average Bonchev–Trinajstić information content (AvgIpc) is 2.47. The Kier molecular flexibility index (Phi) is 3.84. The molecule has 2 aliphatic rings. The molecule has 0 amide bonds. The van der Waals surface area contributed by atoms with Gasteiger partial charge in [-0.05, 0) is 32.8 Å². The van der Waals surface area contributed by atoms with Gasteiger partial charge in [0, 0.05) is 43.2 Å². The summed E-state index contributed by atoms with van der Waals surface area (Å²) in [5, 5.41) is 0. The maximum absolute atomic E-state index is 6.41. The van der Waals surface area contributed by atoms with Crippen molar-refractivity contribution < 1.29 is 9.47 Å².